The van der Waals surface area contributed by atoms with Crippen molar-refractivity contribution in [2.75, 3.05) is 12.3 Å². The molecule has 2 amide bonds. The molecule has 0 aliphatic rings. The molecule has 1 aromatic heterocycles. The van der Waals surface area contributed by atoms with Crippen molar-refractivity contribution < 1.29 is 4.79 Å². The van der Waals surface area contributed by atoms with Crippen LogP contribution >= 0.6 is 23.1 Å². The molecule has 27 heavy (non-hydrogen) atoms. The third-order valence-electron chi connectivity index (χ3n) is 3.94. The Balaban J connectivity index is 1.32. The second kappa shape index (κ2) is 10.1. The average Bonchev–Trinajstić information content (AvgIpc) is 3.17. The zero-order chi connectivity index (χ0) is 18.9. The number of urea groups is 1. The van der Waals surface area contributed by atoms with Crippen molar-refractivity contribution in [1.82, 2.24) is 15.6 Å². The Kier molecular flexibility index (Phi) is 7.30. The summed E-state index contributed by atoms with van der Waals surface area (Å²) in [5, 5.41) is 8.68. The number of benzene rings is 2. The van der Waals surface area contributed by atoms with E-state index in [0.717, 1.165) is 27.8 Å². The fraction of sp³-hybridized carbons (Fsp3) is 0.238. The van der Waals surface area contributed by atoms with Crippen molar-refractivity contribution in [2.45, 2.75) is 19.2 Å². The summed E-state index contributed by atoms with van der Waals surface area (Å²) in [6, 6.07) is 18.5. The van der Waals surface area contributed by atoms with Gasteiger partial charge >= 0.3 is 6.03 Å². The van der Waals surface area contributed by atoms with Crippen LogP contribution in [-0.4, -0.2) is 23.3 Å². The van der Waals surface area contributed by atoms with Crippen molar-refractivity contribution in [3.05, 3.63) is 76.1 Å². The van der Waals surface area contributed by atoms with Gasteiger partial charge in [-0.15, -0.1) is 11.3 Å². The number of carbonyl (C=O) groups excluding carboxylic acids is 1. The molecule has 0 atom stereocenters. The monoisotopic (exact) mass is 397 g/mol. The number of aryl methyl sites for hydroxylation is 1. The van der Waals surface area contributed by atoms with Gasteiger partial charge < -0.3 is 10.6 Å². The highest BCUT2D eigenvalue weighted by Crippen LogP contribution is 2.21. The molecule has 0 saturated carbocycles. The van der Waals surface area contributed by atoms with Crippen molar-refractivity contribution in [2.24, 2.45) is 0 Å². The fourth-order valence-corrected chi connectivity index (χ4v) is 4.02. The molecule has 140 valence electrons. The van der Waals surface area contributed by atoms with Crippen LogP contribution in [-0.2, 0) is 12.3 Å². The van der Waals surface area contributed by atoms with Gasteiger partial charge in [0, 0.05) is 29.0 Å². The minimum atomic E-state index is -0.151. The number of hydrogen-bond donors (Lipinski definition) is 2. The molecule has 2 aromatic carbocycles. The maximum absolute atomic E-state index is 11.9. The standard InChI is InChI=1S/C21H23N3OS2/c1-16-7-9-17(10-8-16)14-26-12-11-22-21(25)23-13-20-24-19(15-27-20)18-5-3-2-4-6-18/h2-10,15H,11-14H2,1H3,(H2,22,23,25). The molecule has 0 radical (unpaired) electrons. The predicted molar refractivity (Wildman–Crippen MR) is 115 cm³/mol. The third-order valence-corrected chi connectivity index (χ3v) is 5.82. The van der Waals surface area contributed by atoms with Gasteiger partial charge in [0.1, 0.15) is 5.01 Å². The van der Waals surface area contributed by atoms with E-state index in [0.29, 0.717) is 13.1 Å². The molecule has 0 spiro atoms. The molecule has 1 heterocycles. The van der Waals surface area contributed by atoms with Crippen LogP contribution in [0.15, 0.2) is 60.0 Å². The smallest absolute Gasteiger partial charge is 0.315 e. The molecule has 0 aliphatic heterocycles. The minimum absolute atomic E-state index is 0.151. The van der Waals surface area contributed by atoms with Crippen LogP contribution in [0, 0.1) is 6.92 Å². The second-order valence-corrected chi connectivity index (χ2v) is 8.19. The normalized spacial score (nSPS) is 10.6. The Morgan fingerprint density at radius 3 is 2.63 bits per heavy atom. The molecule has 3 rings (SSSR count). The molecule has 0 unspecified atom stereocenters. The van der Waals surface area contributed by atoms with Gasteiger partial charge in [0.15, 0.2) is 0 Å². The van der Waals surface area contributed by atoms with Crippen LogP contribution in [0.4, 0.5) is 4.79 Å². The molecular weight excluding hydrogens is 374 g/mol. The SMILES string of the molecule is Cc1ccc(CSCCNC(=O)NCc2nc(-c3ccccc3)cs2)cc1. The first-order valence-corrected chi connectivity index (χ1v) is 10.9. The number of nitrogens with zero attached hydrogens (tertiary/aromatic N) is 1. The van der Waals surface area contributed by atoms with Crippen LogP contribution in [0.3, 0.4) is 0 Å². The van der Waals surface area contributed by atoms with E-state index in [1.54, 1.807) is 11.3 Å². The highest BCUT2D eigenvalue weighted by molar-refractivity contribution is 7.98. The molecule has 6 heteroatoms. The number of amides is 2. The van der Waals surface area contributed by atoms with E-state index in [9.17, 15) is 4.79 Å². The summed E-state index contributed by atoms with van der Waals surface area (Å²) in [5.41, 5.74) is 4.63. The Morgan fingerprint density at radius 2 is 1.85 bits per heavy atom. The number of carbonyl (C=O) groups is 1. The predicted octanol–water partition coefficient (Wildman–Crippen LogP) is 4.85. The Hall–Kier alpha value is -2.31. The van der Waals surface area contributed by atoms with Crippen molar-refractivity contribution in [3.63, 3.8) is 0 Å². The van der Waals surface area contributed by atoms with Crippen LogP contribution < -0.4 is 10.6 Å². The van der Waals surface area contributed by atoms with E-state index >= 15 is 0 Å². The van der Waals surface area contributed by atoms with Crippen molar-refractivity contribution in [3.8, 4) is 11.3 Å². The quantitative estimate of drug-likeness (QED) is 0.534. The first kappa shape index (κ1) is 19.5. The molecule has 2 N–H and O–H groups in total. The molecule has 0 saturated heterocycles. The van der Waals surface area contributed by atoms with Crippen LogP contribution in [0.1, 0.15) is 16.1 Å². The van der Waals surface area contributed by atoms with E-state index in [1.165, 1.54) is 11.1 Å². The topological polar surface area (TPSA) is 54.0 Å². The lowest BCUT2D eigenvalue weighted by atomic mass is 10.2. The molecule has 0 aliphatic carbocycles. The van der Waals surface area contributed by atoms with Gasteiger partial charge in [-0.25, -0.2) is 9.78 Å². The lowest BCUT2D eigenvalue weighted by Gasteiger charge is -2.06. The van der Waals surface area contributed by atoms with Gasteiger partial charge in [0.25, 0.3) is 0 Å². The van der Waals surface area contributed by atoms with E-state index in [-0.39, 0.29) is 6.03 Å². The van der Waals surface area contributed by atoms with Crippen LogP contribution in [0.25, 0.3) is 11.3 Å². The van der Waals surface area contributed by atoms with Gasteiger partial charge in [-0.3, -0.25) is 0 Å². The third kappa shape index (κ3) is 6.41. The van der Waals surface area contributed by atoms with Crippen molar-refractivity contribution in [1.29, 1.82) is 0 Å². The summed E-state index contributed by atoms with van der Waals surface area (Å²) in [6.07, 6.45) is 0. The highest BCUT2D eigenvalue weighted by atomic mass is 32.2. The highest BCUT2D eigenvalue weighted by Gasteiger charge is 2.06. The molecule has 4 nitrogen and oxygen atoms in total. The molecule has 3 aromatic rings. The largest absolute Gasteiger partial charge is 0.337 e. The lowest BCUT2D eigenvalue weighted by Crippen LogP contribution is -2.36. The minimum Gasteiger partial charge on any atom is -0.337 e. The summed E-state index contributed by atoms with van der Waals surface area (Å²) in [6.45, 7) is 3.18. The summed E-state index contributed by atoms with van der Waals surface area (Å²) < 4.78 is 0. The van der Waals surface area contributed by atoms with Gasteiger partial charge in [-0.1, -0.05) is 60.2 Å². The Labute approximate surface area is 168 Å². The van der Waals surface area contributed by atoms with E-state index < -0.39 is 0 Å². The van der Waals surface area contributed by atoms with E-state index in [4.69, 9.17) is 0 Å². The maximum Gasteiger partial charge on any atom is 0.315 e. The van der Waals surface area contributed by atoms with E-state index in [1.807, 2.05) is 47.5 Å². The fourth-order valence-electron chi connectivity index (χ4n) is 2.46. The van der Waals surface area contributed by atoms with Gasteiger partial charge in [-0.2, -0.15) is 11.8 Å². The Bertz CT molecular complexity index is 847. The van der Waals surface area contributed by atoms with Crippen LogP contribution in [0.2, 0.25) is 0 Å². The summed E-state index contributed by atoms with van der Waals surface area (Å²) in [5.74, 6) is 1.85. The van der Waals surface area contributed by atoms with E-state index in [2.05, 4.69) is 46.8 Å². The average molecular weight is 398 g/mol. The summed E-state index contributed by atoms with van der Waals surface area (Å²) >= 11 is 3.38. The lowest BCUT2D eigenvalue weighted by molar-refractivity contribution is 0.241. The number of hydrogen-bond acceptors (Lipinski definition) is 4. The number of nitrogens with one attached hydrogen (secondary N) is 2. The first-order valence-electron chi connectivity index (χ1n) is 8.85. The number of thiazole rings is 1. The van der Waals surface area contributed by atoms with Gasteiger partial charge in [0.05, 0.1) is 12.2 Å². The summed E-state index contributed by atoms with van der Waals surface area (Å²) in [7, 11) is 0. The zero-order valence-electron chi connectivity index (χ0n) is 15.3. The summed E-state index contributed by atoms with van der Waals surface area (Å²) in [4.78, 5) is 16.5. The molecule has 0 bridgehead atoms. The molecular formula is C21H23N3OS2. The van der Waals surface area contributed by atoms with Gasteiger partial charge in [-0.05, 0) is 12.5 Å². The first-order chi connectivity index (χ1) is 13.2. The van der Waals surface area contributed by atoms with Gasteiger partial charge in [0.2, 0.25) is 0 Å². The Morgan fingerprint density at radius 1 is 1.07 bits per heavy atom. The molecule has 0 fully saturated rings. The second-order valence-electron chi connectivity index (χ2n) is 6.14. The maximum atomic E-state index is 11.9. The number of aromatic nitrogens is 1. The number of thioether (sulfide) groups is 1. The van der Waals surface area contributed by atoms with Crippen molar-refractivity contribution >= 4 is 29.1 Å². The zero-order valence-corrected chi connectivity index (χ0v) is 16.9. The number of rotatable bonds is 8. The van der Waals surface area contributed by atoms with Crippen LogP contribution in [0.5, 0.6) is 0 Å².